The summed E-state index contributed by atoms with van der Waals surface area (Å²) < 4.78 is -3.72. The molecule has 0 saturated carbocycles. The van der Waals surface area contributed by atoms with Crippen LogP contribution < -0.4 is 0 Å². The molecule has 0 radical (unpaired) electrons. The summed E-state index contributed by atoms with van der Waals surface area (Å²) in [7, 11) is 0. The fourth-order valence-corrected chi connectivity index (χ4v) is 2.37. The maximum absolute atomic E-state index is 5.85. The first-order valence-electron chi connectivity index (χ1n) is 5.96. The van der Waals surface area contributed by atoms with E-state index in [-0.39, 0.29) is 17.5 Å². The Hall–Kier alpha value is -0.0300. The van der Waals surface area contributed by atoms with E-state index in [1.54, 1.807) is 0 Å². The highest BCUT2D eigenvalue weighted by molar-refractivity contribution is 6.67. The smallest absolute Gasteiger partial charge is 0.209 e. The van der Waals surface area contributed by atoms with Gasteiger partial charge in [-0.3, -0.25) is 0 Å². The molecular formula is C13H9Cl6N3. The van der Waals surface area contributed by atoms with Crippen molar-refractivity contribution in [1.82, 2.24) is 15.0 Å². The van der Waals surface area contributed by atoms with Gasteiger partial charge in [0.05, 0.1) is 0 Å². The number of rotatable bonds is 1. The number of hydrogen-bond acceptors (Lipinski definition) is 3. The van der Waals surface area contributed by atoms with Crippen LogP contribution in [0.1, 0.15) is 22.8 Å². The van der Waals surface area contributed by atoms with Crippen LogP contribution in [0.5, 0.6) is 0 Å². The lowest BCUT2D eigenvalue weighted by Crippen LogP contribution is -2.16. The van der Waals surface area contributed by atoms with Gasteiger partial charge in [-0.15, -0.1) is 0 Å². The Balaban J connectivity index is 2.70. The maximum Gasteiger partial charge on any atom is 0.250 e. The number of benzene rings is 1. The van der Waals surface area contributed by atoms with Gasteiger partial charge in [0, 0.05) is 5.56 Å². The Kier molecular flexibility index (Phi) is 5.38. The molecule has 0 unspecified atom stereocenters. The highest BCUT2D eigenvalue weighted by Crippen LogP contribution is 2.40. The van der Waals surface area contributed by atoms with Gasteiger partial charge < -0.3 is 0 Å². The molecule has 0 amide bonds. The largest absolute Gasteiger partial charge is 0.250 e. The summed E-state index contributed by atoms with van der Waals surface area (Å²) in [5.74, 6) is 0.0513. The number of aryl methyl sites for hydroxylation is 2. The van der Waals surface area contributed by atoms with Gasteiger partial charge in [-0.05, 0) is 26.0 Å². The van der Waals surface area contributed by atoms with Crippen molar-refractivity contribution in [2.24, 2.45) is 0 Å². The van der Waals surface area contributed by atoms with Gasteiger partial charge in [-0.25, -0.2) is 15.0 Å². The average molecular weight is 420 g/mol. The highest BCUT2D eigenvalue weighted by Gasteiger charge is 2.34. The van der Waals surface area contributed by atoms with Crippen molar-refractivity contribution in [3.05, 3.63) is 41.0 Å². The molecule has 0 aliphatic carbocycles. The third kappa shape index (κ3) is 4.50. The molecule has 118 valence electrons. The Morgan fingerprint density at radius 1 is 0.682 bits per heavy atom. The van der Waals surface area contributed by atoms with E-state index >= 15 is 0 Å². The van der Waals surface area contributed by atoms with Gasteiger partial charge >= 0.3 is 0 Å². The number of aromatic nitrogens is 3. The molecule has 0 N–H and O–H groups in total. The summed E-state index contributed by atoms with van der Waals surface area (Å²) in [6.07, 6.45) is 0. The summed E-state index contributed by atoms with van der Waals surface area (Å²) in [4.78, 5) is 12.3. The fourth-order valence-electron chi connectivity index (χ4n) is 1.86. The van der Waals surface area contributed by atoms with Crippen molar-refractivity contribution in [3.63, 3.8) is 0 Å². The summed E-state index contributed by atoms with van der Waals surface area (Å²) in [5.41, 5.74) is 2.77. The minimum Gasteiger partial charge on any atom is -0.209 e. The molecule has 1 aromatic heterocycles. The Morgan fingerprint density at radius 3 is 1.45 bits per heavy atom. The highest BCUT2D eigenvalue weighted by atomic mass is 35.6. The van der Waals surface area contributed by atoms with Crippen LogP contribution in [0.3, 0.4) is 0 Å². The van der Waals surface area contributed by atoms with E-state index in [9.17, 15) is 0 Å². The van der Waals surface area contributed by atoms with Gasteiger partial charge in [0.1, 0.15) is 0 Å². The molecule has 2 rings (SSSR count). The number of alkyl halides is 6. The molecule has 22 heavy (non-hydrogen) atoms. The van der Waals surface area contributed by atoms with Gasteiger partial charge in [0.25, 0.3) is 0 Å². The monoisotopic (exact) mass is 417 g/mol. The van der Waals surface area contributed by atoms with Crippen molar-refractivity contribution < 1.29 is 0 Å². The molecule has 1 aromatic carbocycles. The Bertz CT molecular complexity index is 653. The lowest BCUT2D eigenvalue weighted by molar-refractivity contribution is 0.851. The fraction of sp³-hybridized carbons (Fsp3) is 0.308. The second-order valence-corrected chi connectivity index (χ2v) is 9.24. The molecule has 0 aliphatic rings. The average Bonchev–Trinajstić information content (AvgIpc) is 2.35. The minimum atomic E-state index is -1.86. The van der Waals surface area contributed by atoms with Crippen LogP contribution in [0.2, 0.25) is 0 Å². The number of hydrogen-bond donors (Lipinski definition) is 0. The molecule has 1 heterocycles. The predicted octanol–water partition coefficient (Wildman–Crippen LogP) is 5.81. The first kappa shape index (κ1) is 18.3. The second kappa shape index (κ2) is 6.46. The van der Waals surface area contributed by atoms with Crippen LogP contribution in [0.15, 0.2) is 18.2 Å². The SMILES string of the molecule is Cc1cc(C)cc(-c2nc(C(Cl)(Cl)Cl)nc(C(Cl)(Cl)Cl)n2)c1. The van der Waals surface area contributed by atoms with Crippen molar-refractivity contribution >= 4 is 69.6 Å². The van der Waals surface area contributed by atoms with Crippen molar-refractivity contribution in [2.45, 2.75) is 21.4 Å². The maximum atomic E-state index is 5.85. The third-order valence-electron chi connectivity index (χ3n) is 2.62. The van der Waals surface area contributed by atoms with E-state index in [0.29, 0.717) is 5.56 Å². The Morgan fingerprint density at radius 2 is 1.09 bits per heavy atom. The lowest BCUT2D eigenvalue weighted by Gasteiger charge is -2.16. The van der Waals surface area contributed by atoms with E-state index in [1.807, 2.05) is 32.0 Å². The van der Waals surface area contributed by atoms with Crippen LogP contribution in [0, 0.1) is 13.8 Å². The van der Waals surface area contributed by atoms with Crippen LogP contribution in [-0.4, -0.2) is 15.0 Å². The first-order valence-corrected chi connectivity index (χ1v) is 8.23. The summed E-state index contributed by atoms with van der Waals surface area (Å²) in [5, 5.41) is 0. The summed E-state index contributed by atoms with van der Waals surface area (Å²) in [6, 6.07) is 5.77. The van der Waals surface area contributed by atoms with E-state index < -0.39 is 7.59 Å². The number of halogens is 6. The van der Waals surface area contributed by atoms with E-state index in [0.717, 1.165) is 11.1 Å². The zero-order valence-corrected chi connectivity index (χ0v) is 15.9. The first-order chi connectivity index (χ1) is 9.96. The third-order valence-corrected chi connectivity index (χ3v) is 3.64. The minimum absolute atomic E-state index is 0.108. The standard InChI is InChI=1S/C13H9Cl6N3/c1-6-3-7(2)5-8(4-6)9-20-10(12(14,15)16)22-11(21-9)13(17,18)19/h3-5H,1-2H3. The van der Waals surface area contributed by atoms with Crippen LogP contribution in [0.25, 0.3) is 11.4 Å². The molecule has 0 spiro atoms. The molecule has 0 atom stereocenters. The molecule has 2 aromatic rings. The van der Waals surface area contributed by atoms with Crippen LogP contribution >= 0.6 is 69.6 Å². The zero-order valence-electron chi connectivity index (χ0n) is 11.3. The second-order valence-electron chi connectivity index (χ2n) is 4.68. The van der Waals surface area contributed by atoms with Gasteiger partial charge in [-0.2, -0.15) is 0 Å². The normalized spacial score (nSPS) is 12.5. The van der Waals surface area contributed by atoms with Gasteiger partial charge in [0.2, 0.25) is 7.59 Å². The summed E-state index contributed by atoms with van der Waals surface area (Å²) >= 11 is 35.1. The van der Waals surface area contributed by atoms with E-state index in [4.69, 9.17) is 69.6 Å². The number of nitrogens with zero attached hydrogens (tertiary/aromatic N) is 3. The van der Waals surface area contributed by atoms with Crippen LogP contribution in [0.4, 0.5) is 0 Å². The van der Waals surface area contributed by atoms with Crippen molar-refractivity contribution in [1.29, 1.82) is 0 Å². The summed E-state index contributed by atoms with van der Waals surface area (Å²) in [6.45, 7) is 3.90. The molecular weight excluding hydrogens is 411 g/mol. The topological polar surface area (TPSA) is 38.7 Å². The molecule has 3 nitrogen and oxygen atoms in total. The van der Waals surface area contributed by atoms with Crippen molar-refractivity contribution in [3.8, 4) is 11.4 Å². The molecule has 0 fully saturated rings. The van der Waals surface area contributed by atoms with E-state index in [1.165, 1.54) is 0 Å². The van der Waals surface area contributed by atoms with Gasteiger partial charge in [-0.1, -0.05) is 86.8 Å². The molecule has 0 bridgehead atoms. The zero-order chi connectivity index (χ0) is 16.7. The Labute approximate surface area is 157 Å². The molecule has 9 heteroatoms. The van der Waals surface area contributed by atoms with E-state index in [2.05, 4.69) is 15.0 Å². The molecule has 0 saturated heterocycles. The molecule has 0 aliphatic heterocycles. The predicted molar refractivity (Wildman–Crippen MR) is 93.2 cm³/mol. The van der Waals surface area contributed by atoms with Crippen LogP contribution in [-0.2, 0) is 7.59 Å². The quantitative estimate of drug-likeness (QED) is 0.547. The van der Waals surface area contributed by atoms with Crippen molar-refractivity contribution in [2.75, 3.05) is 0 Å². The lowest BCUT2D eigenvalue weighted by atomic mass is 10.1. The van der Waals surface area contributed by atoms with Gasteiger partial charge in [0.15, 0.2) is 17.5 Å².